The normalized spacial score (nSPS) is 9.95. The van der Waals surface area contributed by atoms with Crippen molar-refractivity contribution in [1.29, 1.82) is 5.26 Å². The Morgan fingerprint density at radius 3 is 2.84 bits per heavy atom. The molecule has 1 rings (SSSR count). The first kappa shape index (κ1) is 14.9. The van der Waals surface area contributed by atoms with E-state index in [1.807, 2.05) is 4.90 Å². The lowest BCUT2D eigenvalue weighted by Crippen LogP contribution is -2.29. The first-order valence-corrected chi connectivity index (χ1v) is 5.82. The molecule has 0 saturated heterocycles. The van der Waals surface area contributed by atoms with Crippen LogP contribution in [0.4, 0.5) is 11.5 Å². The van der Waals surface area contributed by atoms with E-state index in [9.17, 15) is 10.1 Å². The van der Waals surface area contributed by atoms with Crippen LogP contribution in [-0.4, -0.2) is 36.7 Å². The van der Waals surface area contributed by atoms with E-state index in [1.165, 1.54) is 12.3 Å². The lowest BCUT2D eigenvalue weighted by Gasteiger charge is -2.23. The number of hydrogen-bond donors (Lipinski definition) is 0. The molecule has 1 aromatic rings. The Labute approximate surface area is 111 Å². The smallest absolute Gasteiger partial charge is 0.287 e. The molecule has 102 valence electrons. The van der Waals surface area contributed by atoms with Crippen LogP contribution >= 0.6 is 0 Å². The quantitative estimate of drug-likeness (QED) is 0.549. The number of nitro groups is 1. The third kappa shape index (κ3) is 4.19. The average Bonchev–Trinajstić information content (AvgIpc) is 2.39. The van der Waals surface area contributed by atoms with Gasteiger partial charge in [0.05, 0.1) is 24.0 Å². The number of aromatic nitrogens is 1. The topological polar surface area (TPSA) is 92.3 Å². The van der Waals surface area contributed by atoms with Crippen molar-refractivity contribution in [3.05, 3.63) is 27.9 Å². The van der Waals surface area contributed by atoms with Crippen molar-refractivity contribution in [2.45, 2.75) is 13.3 Å². The molecule has 0 saturated carbocycles. The standard InChI is InChI=1S/C12H16N4O3/c1-10-8-11(16(17)18)9-14-12(10)15(5-3-4-13)6-7-19-2/h8-9H,3,5-7H2,1-2H3. The van der Waals surface area contributed by atoms with Crippen molar-refractivity contribution < 1.29 is 9.66 Å². The van der Waals surface area contributed by atoms with Crippen LogP contribution in [0.5, 0.6) is 0 Å². The Morgan fingerprint density at radius 1 is 1.58 bits per heavy atom. The number of rotatable bonds is 7. The summed E-state index contributed by atoms with van der Waals surface area (Å²) in [7, 11) is 1.60. The van der Waals surface area contributed by atoms with Crippen LogP contribution in [0, 0.1) is 28.4 Å². The summed E-state index contributed by atoms with van der Waals surface area (Å²) in [6, 6.07) is 3.56. The van der Waals surface area contributed by atoms with Crippen molar-refractivity contribution in [3.63, 3.8) is 0 Å². The van der Waals surface area contributed by atoms with Crippen molar-refractivity contribution in [1.82, 2.24) is 4.98 Å². The molecule has 7 heteroatoms. The van der Waals surface area contributed by atoms with Crippen molar-refractivity contribution in [2.75, 3.05) is 31.7 Å². The molecule has 0 N–H and O–H groups in total. The van der Waals surface area contributed by atoms with Gasteiger partial charge in [-0.15, -0.1) is 0 Å². The van der Waals surface area contributed by atoms with E-state index in [2.05, 4.69) is 11.1 Å². The van der Waals surface area contributed by atoms with E-state index >= 15 is 0 Å². The summed E-state index contributed by atoms with van der Waals surface area (Å²) < 4.78 is 5.02. The first-order chi connectivity index (χ1) is 9.10. The van der Waals surface area contributed by atoms with Gasteiger partial charge in [-0.25, -0.2) is 4.98 Å². The minimum atomic E-state index is -0.474. The molecule has 1 heterocycles. The number of methoxy groups -OCH3 is 1. The Balaban J connectivity index is 2.94. The highest BCUT2D eigenvalue weighted by Gasteiger charge is 2.14. The Morgan fingerprint density at radius 2 is 2.32 bits per heavy atom. The highest BCUT2D eigenvalue weighted by molar-refractivity contribution is 5.50. The molecule has 1 aromatic heterocycles. The summed E-state index contributed by atoms with van der Waals surface area (Å²) in [6.45, 7) is 3.38. The largest absolute Gasteiger partial charge is 0.383 e. The molecule has 7 nitrogen and oxygen atoms in total. The van der Waals surface area contributed by atoms with Gasteiger partial charge in [-0.05, 0) is 12.5 Å². The van der Waals surface area contributed by atoms with Crippen molar-refractivity contribution in [3.8, 4) is 6.07 Å². The molecule has 0 aliphatic carbocycles. The van der Waals surface area contributed by atoms with Gasteiger partial charge in [-0.2, -0.15) is 5.26 Å². The molecule has 0 bridgehead atoms. The van der Waals surface area contributed by atoms with Gasteiger partial charge in [0.25, 0.3) is 5.69 Å². The van der Waals surface area contributed by atoms with Gasteiger partial charge in [0.2, 0.25) is 0 Å². The number of pyridine rings is 1. The number of nitrogens with zero attached hydrogens (tertiary/aromatic N) is 4. The lowest BCUT2D eigenvalue weighted by molar-refractivity contribution is -0.385. The van der Waals surface area contributed by atoms with Gasteiger partial charge in [0.15, 0.2) is 0 Å². The highest BCUT2D eigenvalue weighted by atomic mass is 16.6. The van der Waals surface area contributed by atoms with E-state index in [4.69, 9.17) is 10.00 Å². The van der Waals surface area contributed by atoms with E-state index in [-0.39, 0.29) is 5.69 Å². The van der Waals surface area contributed by atoms with Crippen LogP contribution in [0.15, 0.2) is 12.3 Å². The van der Waals surface area contributed by atoms with Crippen molar-refractivity contribution in [2.24, 2.45) is 0 Å². The summed E-state index contributed by atoms with van der Waals surface area (Å²) in [5.41, 5.74) is 0.677. The van der Waals surface area contributed by atoms with Gasteiger partial charge >= 0.3 is 0 Å². The summed E-state index contributed by atoms with van der Waals surface area (Å²) in [4.78, 5) is 16.2. The summed E-state index contributed by atoms with van der Waals surface area (Å²) in [5, 5.41) is 19.3. The maximum absolute atomic E-state index is 10.7. The van der Waals surface area contributed by atoms with Gasteiger partial charge in [-0.3, -0.25) is 10.1 Å². The number of aryl methyl sites for hydroxylation is 1. The molecule has 0 radical (unpaired) electrons. The highest BCUT2D eigenvalue weighted by Crippen LogP contribution is 2.21. The molecule has 0 aromatic carbocycles. The molecular weight excluding hydrogens is 248 g/mol. The molecule has 0 amide bonds. The lowest BCUT2D eigenvalue weighted by atomic mass is 10.2. The zero-order valence-corrected chi connectivity index (χ0v) is 11.0. The fraction of sp³-hybridized carbons (Fsp3) is 0.500. The summed E-state index contributed by atoms with van der Waals surface area (Å²) in [6.07, 6.45) is 1.59. The van der Waals surface area contributed by atoms with Gasteiger partial charge in [-0.1, -0.05) is 0 Å². The molecule has 0 spiro atoms. The molecule has 0 atom stereocenters. The Hall–Kier alpha value is -2.20. The molecule has 0 aliphatic heterocycles. The van der Waals surface area contributed by atoms with Crippen LogP contribution in [0.3, 0.4) is 0 Å². The van der Waals surface area contributed by atoms with Gasteiger partial charge in [0, 0.05) is 26.3 Å². The summed E-state index contributed by atoms with van der Waals surface area (Å²) in [5.74, 6) is 0.651. The maximum Gasteiger partial charge on any atom is 0.287 e. The van der Waals surface area contributed by atoms with E-state index in [1.54, 1.807) is 14.0 Å². The van der Waals surface area contributed by atoms with E-state index < -0.39 is 4.92 Å². The first-order valence-electron chi connectivity index (χ1n) is 5.82. The average molecular weight is 264 g/mol. The third-order valence-electron chi connectivity index (χ3n) is 2.61. The molecular formula is C12H16N4O3. The SMILES string of the molecule is COCCN(CCC#N)c1ncc([N+](=O)[O-])cc1C. The number of nitriles is 1. The number of anilines is 1. The minimum absolute atomic E-state index is 0.0341. The monoisotopic (exact) mass is 264 g/mol. The van der Waals surface area contributed by atoms with Crippen LogP contribution in [0.1, 0.15) is 12.0 Å². The predicted molar refractivity (Wildman–Crippen MR) is 69.9 cm³/mol. The second-order valence-electron chi connectivity index (χ2n) is 3.98. The number of ether oxygens (including phenoxy) is 1. The molecule has 0 fully saturated rings. The fourth-order valence-corrected chi connectivity index (χ4v) is 1.69. The van der Waals surface area contributed by atoms with Gasteiger partial charge in [0.1, 0.15) is 12.0 Å². The molecule has 19 heavy (non-hydrogen) atoms. The maximum atomic E-state index is 10.7. The fourth-order valence-electron chi connectivity index (χ4n) is 1.69. The van der Waals surface area contributed by atoms with Crippen LogP contribution in [0.25, 0.3) is 0 Å². The minimum Gasteiger partial charge on any atom is -0.383 e. The van der Waals surface area contributed by atoms with E-state index in [0.717, 1.165) is 0 Å². The second kappa shape index (κ2) is 7.28. The second-order valence-corrected chi connectivity index (χ2v) is 3.98. The zero-order valence-electron chi connectivity index (χ0n) is 11.0. The molecule has 0 unspecified atom stereocenters. The molecule has 0 aliphatic rings. The summed E-state index contributed by atoms with van der Waals surface area (Å²) >= 11 is 0. The third-order valence-corrected chi connectivity index (χ3v) is 2.61. The van der Waals surface area contributed by atoms with Gasteiger partial charge < -0.3 is 9.64 Å². The predicted octanol–water partition coefficient (Wildman–Crippen LogP) is 1.66. The van der Waals surface area contributed by atoms with Crippen LogP contribution < -0.4 is 4.90 Å². The zero-order chi connectivity index (χ0) is 14.3. The van der Waals surface area contributed by atoms with Crippen LogP contribution in [-0.2, 0) is 4.74 Å². The van der Waals surface area contributed by atoms with Crippen molar-refractivity contribution >= 4 is 11.5 Å². The number of hydrogen-bond acceptors (Lipinski definition) is 6. The Kier molecular flexibility index (Phi) is 5.70. The van der Waals surface area contributed by atoms with Crippen LogP contribution in [0.2, 0.25) is 0 Å². The van der Waals surface area contributed by atoms with E-state index in [0.29, 0.717) is 37.5 Å². The Bertz CT molecular complexity index is 484.